The first-order chi connectivity index (χ1) is 25.3. The highest BCUT2D eigenvalue weighted by Gasteiger charge is 2.52. The number of thioether (sulfide) groups is 2. The number of nitrogens with one attached hydrogen (secondary N) is 4. The van der Waals surface area contributed by atoms with Crippen LogP contribution in [0.2, 0.25) is 5.02 Å². The van der Waals surface area contributed by atoms with E-state index in [9.17, 15) is 33.0 Å². The van der Waals surface area contributed by atoms with Crippen molar-refractivity contribution in [2.75, 3.05) is 23.4 Å². The molecule has 0 bridgehead atoms. The topological polar surface area (TPSA) is 177 Å². The molecular formula is C36H42ClN5O7S4. The summed E-state index contributed by atoms with van der Waals surface area (Å²) in [7, 11) is -3.95. The van der Waals surface area contributed by atoms with Crippen LogP contribution in [-0.4, -0.2) is 87.8 Å². The van der Waals surface area contributed by atoms with E-state index in [2.05, 4.69) is 32.2 Å². The van der Waals surface area contributed by atoms with E-state index in [1.165, 1.54) is 22.4 Å². The Hall–Kier alpha value is -2.96. The summed E-state index contributed by atoms with van der Waals surface area (Å²) in [6.07, 6.45) is 2.63. The van der Waals surface area contributed by atoms with E-state index >= 15 is 0 Å². The third-order valence-electron chi connectivity index (χ3n) is 9.53. The molecule has 3 aromatic rings. The fourth-order valence-corrected chi connectivity index (χ4v) is 12.4. The number of fused-ring (bicyclic) bond motifs is 1. The number of likely N-dealkylation sites (tertiary alicyclic amines) is 1. The van der Waals surface area contributed by atoms with Crippen molar-refractivity contribution in [2.45, 2.75) is 83.7 Å². The van der Waals surface area contributed by atoms with Crippen molar-refractivity contribution in [1.29, 1.82) is 0 Å². The van der Waals surface area contributed by atoms with Crippen molar-refractivity contribution < 1.29 is 33.0 Å². The molecule has 3 aromatic carbocycles. The number of amides is 1. The zero-order valence-electron chi connectivity index (χ0n) is 28.9. The number of rotatable bonds is 15. The molecule has 2 saturated heterocycles. The van der Waals surface area contributed by atoms with Crippen molar-refractivity contribution in [1.82, 2.24) is 19.7 Å². The summed E-state index contributed by atoms with van der Waals surface area (Å²) in [6, 6.07) is 17.7. The summed E-state index contributed by atoms with van der Waals surface area (Å²) < 4.78 is 32.3. The van der Waals surface area contributed by atoms with Crippen molar-refractivity contribution in [3.8, 4) is 0 Å². The average molecular weight is 820 g/mol. The van der Waals surface area contributed by atoms with Crippen LogP contribution >= 0.6 is 47.1 Å². The Kier molecular flexibility index (Phi) is 12.9. The number of sulfonamides is 1. The molecule has 0 aromatic heterocycles. The standard InChI is InChI=1S/C36H42ClN5O7S4/c1-22(33(43)42-21-36(50-15-16-51-36)19-29(42)35(46)47)39-27(34(44)45)13-11-24-7-9-25(10-8-24)20-38-53(48,49)31-18-30-28(17-26(31)37)40-32(41-52-30)14-12-23-5-3-2-4-6-23/h2-10,17-18,22,27,29,32,38-41H,11-16,19-21H2,1H3,(H,44,45)(H,46,47)/t22-,27-,29?,32?/m0/s1. The predicted molar refractivity (Wildman–Crippen MR) is 211 cm³/mol. The first kappa shape index (κ1) is 39.7. The van der Waals surface area contributed by atoms with Crippen molar-refractivity contribution in [3.05, 3.63) is 88.4 Å². The second kappa shape index (κ2) is 17.2. The summed E-state index contributed by atoms with van der Waals surface area (Å²) in [5.74, 6) is -0.782. The van der Waals surface area contributed by atoms with E-state index < -0.39 is 46.0 Å². The molecule has 12 nitrogen and oxygen atoms in total. The Morgan fingerprint density at radius 2 is 1.68 bits per heavy atom. The van der Waals surface area contributed by atoms with Crippen LogP contribution in [0.5, 0.6) is 0 Å². The Bertz CT molecular complexity index is 1920. The van der Waals surface area contributed by atoms with Gasteiger partial charge < -0.3 is 20.4 Å². The molecule has 6 N–H and O–H groups in total. The number of carboxylic acid groups (broad SMARTS) is 2. The number of hydrogen-bond donors (Lipinski definition) is 6. The van der Waals surface area contributed by atoms with Gasteiger partial charge >= 0.3 is 11.9 Å². The molecule has 2 fully saturated rings. The Morgan fingerprint density at radius 3 is 2.36 bits per heavy atom. The van der Waals surface area contributed by atoms with Crippen LogP contribution in [0.3, 0.4) is 0 Å². The normalized spacial score (nSPS) is 20.5. The molecule has 0 saturated carbocycles. The van der Waals surface area contributed by atoms with Crippen LogP contribution in [0.4, 0.5) is 5.69 Å². The number of benzene rings is 3. The molecule has 0 aliphatic carbocycles. The number of carbonyl (C=O) groups excluding carboxylic acids is 1. The Balaban J connectivity index is 0.996. The molecule has 3 aliphatic rings. The molecular weight excluding hydrogens is 778 g/mol. The summed E-state index contributed by atoms with van der Waals surface area (Å²) in [5, 5.41) is 26.2. The van der Waals surface area contributed by atoms with Crippen molar-refractivity contribution >= 4 is 80.6 Å². The third kappa shape index (κ3) is 9.84. The molecule has 17 heteroatoms. The van der Waals surface area contributed by atoms with Crippen molar-refractivity contribution in [2.24, 2.45) is 0 Å². The van der Waals surface area contributed by atoms with Gasteiger partial charge in [0.25, 0.3) is 0 Å². The second-order valence-electron chi connectivity index (χ2n) is 13.3. The SMILES string of the molecule is C[C@H](N[C@@H](CCc1ccc(CNS(=O)(=O)c2cc3c(cc2Cl)NC(CCc2ccccc2)NS3)cc1)C(=O)O)C(=O)N1CC2(CC1C(=O)O)SCCS2. The Morgan fingerprint density at radius 1 is 1.00 bits per heavy atom. The third-order valence-corrected chi connectivity index (χ3v) is 15.8. The van der Waals surface area contributed by atoms with Gasteiger partial charge in [0.1, 0.15) is 17.0 Å². The molecule has 284 valence electrons. The lowest BCUT2D eigenvalue weighted by Crippen LogP contribution is -2.53. The maximum Gasteiger partial charge on any atom is 0.326 e. The van der Waals surface area contributed by atoms with E-state index in [1.54, 1.807) is 54.7 Å². The summed E-state index contributed by atoms with van der Waals surface area (Å²) in [5.41, 5.74) is 3.54. The van der Waals surface area contributed by atoms with Crippen LogP contribution in [0, 0.1) is 0 Å². The number of aliphatic carboxylic acids is 2. The van der Waals surface area contributed by atoms with Crippen LogP contribution < -0.4 is 20.1 Å². The van der Waals surface area contributed by atoms with Crippen LogP contribution in [0.25, 0.3) is 0 Å². The van der Waals surface area contributed by atoms with E-state index in [0.29, 0.717) is 24.9 Å². The zero-order valence-corrected chi connectivity index (χ0v) is 32.9. The van der Waals surface area contributed by atoms with Crippen LogP contribution in [0.15, 0.2) is 76.5 Å². The predicted octanol–water partition coefficient (Wildman–Crippen LogP) is 5.03. The largest absolute Gasteiger partial charge is 0.480 e. The van der Waals surface area contributed by atoms with Gasteiger partial charge in [-0.25, -0.2) is 22.7 Å². The molecule has 53 heavy (non-hydrogen) atoms. The lowest BCUT2D eigenvalue weighted by atomic mass is 10.0. The highest BCUT2D eigenvalue weighted by molar-refractivity contribution is 8.21. The van der Waals surface area contributed by atoms with Gasteiger partial charge in [0.15, 0.2) is 0 Å². The van der Waals surface area contributed by atoms with E-state index in [1.807, 2.05) is 30.3 Å². The number of halogens is 1. The summed E-state index contributed by atoms with van der Waals surface area (Å²) in [6.45, 7) is 1.90. The number of hydrogen-bond acceptors (Lipinski definition) is 11. The number of carbonyl (C=O) groups is 3. The van der Waals surface area contributed by atoms with Gasteiger partial charge in [0.2, 0.25) is 15.9 Å². The van der Waals surface area contributed by atoms with Crippen molar-refractivity contribution in [3.63, 3.8) is 0 Å². The molecule has 1 amide bonds. The first-order valence-electron chi connectivity index (χ1n) is 17.3. The molecule has 0 radical (unpaired) electrons. The lowest BCUT2D eigenvalue weighted by Gasteiger charge is -2.28. The number of aryl methyl sites for hydroxylation is 2. The monoisotopic (exact) mass is 819 g/mol. The van der Waals surface area contributed by atoms with Crippen LogP contribution in [-0.2, 0) is 43.8 Å². The lowest BCUT2D eigenvalue weighted by molar-refractivity contribution is -0.149. The summed E-state index contributed by atoms with van der Waals surface area (Å²) in [4.78, 5) is 39.6. The maximum atomic E-state index is 13.4. The van der Waals surface area contributed by atoms with Crippen LogP contribution in [0.1, 0.15) is 42.9 Å². The molecule has 3 aliphatic heterocycles. The van der Waals surface area contributed by atoms with Gasteiger partial charge in [-0.1, -0.05) is 66.2 Å². The van der Waals surface area contributed by atoms with Gasteiger partial charge in [-0.05, 0) is 73.4 Å². The first-order valence-corrected chi connectivity index (χ1v) is 21.9. The van der Waals surface area contributed by atoms with E-state index in [-0.39, 0.29) is 33.1 Å². The number of anilines is 1. The van der Waals surface area contributed by atoms with Gasteiger partial charge in [-0.3, -0.25) is 14.9 Å². The molecule has 4 atom stereocenters. The van der Waals surface area contributed by atoms with Gasteiger partial charge in [-0.15, -0.1) is 23.5 Å². The quantitative estimate of drug-likeness (QED) is 0.113. The molecule has 2 unspecified atom stereocenters. The van der Waals surface area contributed by atoms with E-state index in [4.69, 9.17) is 11.6 Å². The second-order valence-corrected chi connectivity index (χ2v) is 19.5. The van der Waals surface area contributed by atoms with Gasteiger partial charge in [0.05, 0.1) is 27.0 Å². The number of nitrogens with zero attached hydrogens (tertiary/aromatic N) is 1. The van der Waals surface area contributed by atoms with Gasteiger partial charge in [0, 0.05) is 35.9 Å². The average Bonchev–Trinajstić information content (AvgIpc) is 3.77. The zero-order chi connectivity index (χ0) is 37.8. The fourth-order valence-electron chi connectivity index (χ4n) is 6.66. The summed E-state index contributed by atoms with van der Waals surface area (Å²) >= 11 is 11.2. The highest BCUT2D eigenvalue weighted by atomic mass is 35.5. The number of carboxylic acids is 2. The maximum absolute atomic E-state index is 13.4. The minimum Gasteiger partial charge on any atom is -0.480 e. The highest BCUT2D eigenvalue weighted by Crippen LogP contribution is 2.52. The molecule has 1 spiro atoms. The molecule has 6 rings (SSSR count). The fraction of sp³-hybridized carbons (Fsp3) is 0.417. The van der Waals surface area contributed by atoms with Gasteiger partial charge in [-0.2, -0.15) is 0 Å². The Labute approximate surface area is 327 Å². The smallest absolute Gasteiger partial charge is 0.326 e. The molecule has 3 heterocycles. The minimum atomic E-state index is -3.95. The van der Waals surface area contributed by atoms with E-state index in [0.717, 1.165) is 40.5 Å². The minimum absolute atomic E-state index is 0.0115.